The van der Waals surface area contributed by atoms with Crippen LogP contribution in [-0.4, -0.2) is 34.3 Å². The van der Waals surface area contributed by atoms with Crippen LogP contribution in [0.15, 0.2) is 33.9 Å². The number of nitrogens with two attached hydrogens (primary N) is 1. The standard InChI is InChI=1S/C13H14N4O3S/c1-8-3-2-4-9(5-8)12-16-17-13(20-12)21-7-11(19)15-6-10(14)18/h2-5H,6-7H2,1H3,(H2,14,18)(H,15,19). The summed E-state index contributed by atoms with van der Waals surface area (Å²) in [5.41, 5.74) is 6.84. The van der Waals surface area contributed by atoms with Gasteiger partial charge in [0.15, 0.2) is 0 Å². The third-order valence-electron chi connectivity index (χ3n) is 2.46. The normalized spacial score (nSPS) is 10.3. The molecule has 0 aliphatic carbocycles. The fourth-order valence-electron chi connectivity index (χ4n) is 1.53. The van der Waals surface area contributed by atoms with Crippen LogP contribution in [0.2, 0.25) is 0 Å². The van der Waals surface area contributed by atoms with E-state index in [2.05, 4.69) is 15.5 Å². The molecular formula is C13H14N4O3S. The van der Waals surface area contributed by atoms with Crippen molar-refractivity contribution in [2.24, 2.45) is 5.73 Å². The first-order valence-electron chi connectivity index (χ1n) is 6.13. The molecule has 1 heterocycles. The molecule has 3 N–H and O–H groups in total. The molecule has 0 spiro atoms. The van der Waals surface area contributed by atoms with Crippen LogP contribution in [0.3, 0.4) is 0 Å². The molecule has 0 aliphatic heterocycles. The van der Waals surface area contributed by atoms with Gasteiger partial charge in [0.25, 0.3) is 5.22 Å². The molecule has 0 aliphatic rings. The number of rotatable bonds is 6. The lowest BCUT2D eigenvalue weighted by Gasteiger charge is -1.99. The van der Waals surface area contributed by atoms with Crippen LogP contribution in [0.4, 0.5) is 0 Å². The highest BCUT2D eigenvalue weighted by molar-refractivity contribution is 7.99. The second-order valence-electron chi connectivity index (χ2n) is 4.27. The number of aryl methyl sites for hydroxylation is 1. The largest absolute Gasteiger partial charge is 0.411 e. The predicted octanol–water partition coefficient (Wildman–Crippen LogP) is 0.739. The van der Waals surface area contributed by atoms with E-state index in [1.54, 1.807) is 0 Å². The molecule has 2 aromatic rings. The molecule has 1 aromatic heterocycles. The molecule has 0 atom stereocenters. The van der Waals surface area contributed by atoms with Gasteiger partial charge in [-0.1, -0.05) is 29.5 Å². The zero-order chi connectivity index (χ0) is 15.2. The topological polar surface area (TPSA) is 111 Å². The van der Waals surface area contributed by atoms with E-state index in [0.717, 1.165) is 22.9 Å². The molecule has 0 saturated carbocycles. The molecule has 2 rings (SSSR count). The molecule has 8 heteroatoms. The zero-order valence-electron chi connectivity index (χ0n) is 11.3. The number of nitrogens with one attached hydrogen (secondary N) is 1. The van der Waals surface area contributed by atoms with Crippen molar-refractivity contribution in [3.63, 3.8) is 0 Å². The Bertz CT molecular complexity index is 656. The summed E-state index contributed by atoms with van der Waals surface area (Å²) in [5.74, 6) is -0.441. The van der Waals surface area contributed by atoms with Crippen molar-refractivity contribution in [2.75, 3.05) is 12.3 Å². The second-order valence-corrected chi connectivity index (χ2v) is 5.20. The fraction of sp³-hybridized carbons (Fsp3) is 0.231. The van der Waals surface area contributed by atoms with E-state index in [-0.39, 0.29) is 18.2 Å². The van der Waals surface area contributed by atoms with Crippen LogP contribution < -0.4 is 11.1 Å². The predicted molar refractivity (Wildman–Crippen MR) is 77.4 cm³/mol. The van der Waals surface area contributed by atoms with Crippen molar-refractivity contribution < 1.29 is 14.0 Å². The van der Waals surface area contributed by atoms with E-state index in [1.807, 2.05) is 31.2 Å². The highest BCUT2D eigenvalue weighted by Crippen LogP contribution is 2.23. The quantitative estimate of drug-likeness (QED) is 0.761. The second kappa shape index (κ2) is 6.89. The highest BCUT2D eigenvalue weighted by atomic mass is 32.2. The smallest absolute Gasteiger partial charge is 0.277 e. The number of amides is 2. The number of hydrogen-bond donors (Lipinski definition) is 2. The summed E-state index contributed by atoms with van der Waals surface area (Å²) in [6.07, 6.45) is 0. The van der Waals surface area contributed by atoms with Gasteiger partial charge in [-0.25, -0.2) is 0 Å². The minimum absolute atomic E-state index is 0.0722. The number of aromatic nitrogens is 2. The van der Waals surface area contributed by atoms with Crippen molar-refractivity contribution in [2.45, 2.75) is 12.1 Å². The molecule has 0 radical (unpaired) electrons. The first-order valence-corrected chi connectivity index (χ1v) is 7.11. The van der Waals surface area contributed by atoms with Crippen LogP contribution >= 0.6 is 11.8 Å². The molecule has 0 saturated heterocycles. The molecule has 21 heavy (non-hydrogen) atoms. The van der Waals surface area contributed by atoms with Crippen molar-refractivity contribution in [3.05, 3.63) is 29.8 Å². The van der Waals surface area contributed by atoms with Crippen LogP contribution in [0.5, 0.6) is 0 Å². The third-order valence-corrected chi connectivity index (χ3v) is 3.28. The highest BCUT2D eigenvalue weighted by Gasteiger charge is 2.11. The maximum atomic E-state index is 11.4. The van der Waals surface area contributed by atoms with Crippen LogP contribution in [0, 0.1) is 6.92 Å². The summed E-state index contributed by atoms with van der Waals surface area (Å²) in [5, 5.41) is 10.5. The Morgan fingerprint density at radius 3 is 2.90 bits per heavy atom. The molecule has 2 amide bonds. The van der Waals surface area contributed by atoms with Gasteiger partial charge in [0.1, 0.15) is 0 Å². The summed E-state index contributed by atoms with van der Waals surface area (Å²) in [6.45, 7) is 1.79. The Morgan fingerprint density at radius 1 is 1.38 bits per heavy atom. The summed E-state index contributed by atoms with van der Waals surface area (Å²) >= 11 is 1.10. The number of carbonyl (C=O) groups excluding carboxylic acids is 2. The number of primary amides is 1. The average molecular weight is 306 g/mol. The van der Waals surface area contributed by atoms with Gasteiger partial charge in [0, 0.05) is 5.56 Å². The number of thioether (sulfide) groups is 1. The maximum absolute atomic E-state index is 11.4. The van der Waals surface area contributed by atoms with Crippen LogP contribution in [0.25, 0.3) is 11.5 Å². The SMILES string of the molecule is Cc1cccc(-c2nnc(SCC(=O)NCC(N)=O)o2)c1. The van der Waals surface area contributed by atoms with Crippen LogP contribution in [-0.2, 0) is 9.59 Å². The maximum Gasteiger partial charge on any atom is 0.277 e. The Hall–Kier alpha value is -2.35. The van der Waals surface area contributed by atoms with E-state index >= 15 is 0 Å². The molecule has 0 bridgehead atoms. The molecule has 0 unspecified atom stereocenters. The first-order chi connectivity index (χ1) is 10.0. The third kappa shape index (κ3) is 4.60. The zero-order valence-corrected chi connectivity index (χ0v) is 12.1. The van der Waals surface area contributed by atoms with Gasteiger partial charge < -0.3 is 15.5 Å². The Balaban J connectivity index is 1.92. The summed E-state index contributed by atoms with van der Waals surface area (Å²) < 4.78 is 5.47. The van der Waals surface area contributed by atoms with Gasteiger partial charge in [-0.15, -0.1) is 10.2 Å². The van der Waals surface area contributed by atoms with Gasteiger partial charge in [0.2, 0.25) is 17.7 Å². The van der Waals surface area contributed by atoms with Crippen molar-refractivity contribution >= 4 is 23.6 Å². The van der Waals surface area contributed by atoms with Gasteiger partial charge in [0.05, 0.1) is 12.3 Å². The summed E-state index contributed by atoms with van der Waals surface area (Å²) in [7, 11) is 0. The van der Waals surface area contributed by atoms with Crippen LogP contribution in [0.1, 0.15) is 5.56 Å². The fourth-order valence-corrected chi connectivity index (χ4v) is 2.12. The van der Waals surface area contributed by atoms with Crippen molar-refractivity contribution in [1.82, 2.24) is 15.5 Å². The van der Waals surface area contributed by atoms with E-state index < -0.39 is 5.91 Å². The number of carbonyl (C=O) groups is 2. The minimum Gasteiger partial charge on any atom is -0.411 e. The average Bonchev–Trinajstić information content (AvgIpc) is 2.92. The van der Waals surface area contributed by atoms with Gasteiger partial charge in [-0.3, -0.25) is 9.59 Å². The summed E-state index contributed by atoms with van der Waals surface area (Å²) in [4.78, 5) is 21.9. The lowest BCUT2D eigenvalue weighted by molar-refractivity contribution is -0.123. The molecular weight excluding hydrogens is 292 g/mol. The van der Waals surface area contributed by atoms with Gasteiger partial charge in [-0.2, -0.15) is 0 Å². The van der Waals surface area contributed by atoms with E-state index in [1.165, 1.54) is 0 Å². The molecule has 7 nitrogen and oxygen atoms in total. The first kappa shape index (κ1) is 15.0. The molecule has 110 valence electrons. The number of hydrogen-bond acceptors (Lipinski definition) is 6. The number of nitrogens with zero attached hydrogens (tertiary/aromatic N) is 2. The Morgan fingerprint density at radius 2 is 2.19 bits per heavy atom. The van der Waals surface area contributed by atoms with Gasteiger partial charge >= 0.3 is 0 Å². The van der Waals surface area contributed by atoms with Gasteiger partial charge in [-0.05, 0) is 19.1 Å². The molecule has 1 aromatic carbocycles. The minimum atomic E-state index is -0.590. The van der Waals surface area contributed by atoms with E-state index in [4.69, 9.17) is 10.2 Å². The van der Waals surface area contributed by atoms with E-state index in [9.17, 15) is 9.59 Å². The van der Waals surface area contributed by atoms with Crippen molar-refractivity contribution in [1.29, 1.82) is 0 Å². The Labute approximate surface area is 125 Å². The van der Waals surface area contributed by atoms with E-state index in [0.29, 0.717) is 11.1 Å². The summed E-state index contributed by atoms with van der Waals surface area (Å²) in [6, 6.07) is 7.67. The van der Waals surface area contributed by atoms with Crippen molar-refractivity contribution in [3.8, 4) is 11.5 Å². The number of benzene rings is 1. The Kier molecular flexibility index (Phi) is 4.94. The lowest BCUT2D eigenvalue weighted by atomic mass is 10.1. The molecule has 0 fully saturated rings. The monoisotopic (exact) mass is 306 g/mol. The lowest BCUT2D eigenvalue weighted by Crippen LogP contribution is -2.34.